The second-order valence-corrected chi connectivity index (χ2v) is 9.29. The highest BCUT2D eigenvalue weighted by molar-refractivity contribution is 7.89. The third-order valence-electron chi connectivity index (χ3n) is 5.27. The molecule has 0 saturated carbocycles. The molecule has 31 heavy (non-hydrogen) atoms. The van der Waals surface area contributed by atoms with E-state index in [2.05, 4.69) is 15.0 Å². The number of carboxylic acid groups (broad SMARTS) is 1. The fourth-order valence-corrected chi connectivity index (χ4v) is 5.08. The topological polar surface area (TPSA) is 109 Å². The number of carbonyl (C=O) groups is 1. The van der Waals surface area contributed by atoms with E-state index in [0.29, 0.717) is 13.1 Å². The molecule has 1 aromatic carbocycles. The van der Waals surface area contributed by atoms with E-state index in [9.17, 15) is 18.3 Å². The number of aryl methyl sites for hydroxylation is 1. The molecule has 10 heteroatoms. The first-order valence-corrected chi connectivity index (χ1v) is 11.3. The molecule has 1 aliphatic heterocycles. The first-order valence-electron chi connectivity index (χ1n) is 9.86. The fraction of sp³-hybridized carbons (Fsp3) is 0.286. The van der Waals surface area contributed by atoms with Crippen LogP contribution in [0.4, 0.5) is 5.69 Å². The van der Waals surface area contributed by atoms with Gasteiger partial charge in [-0.1, -0.05) is 17.7 Å². The molecule has 0 amide bonds. The highest BCUT2D eigenvalue weighted by atomic mass is 32.2. The van der Waals surface area contributed by atoms with Crippen LogP contribution in [0, 0.1) is 6.92 Å². The van der Waals surface area contributed by atoms with Crippen LogP contribution in [0.15, 0.2) is 60.0 Å². The number of hydrogen-bond acceptors (Lipinski definition) is 6. The molecule has 1 N–H and O–H groups in total. The number of sulfonamides is 1. The first-order chi connectivity index (χ1) is 14.8. The highest BCUT2D eigenvalue weighted by Crippen LogP contribution is 2.23. The molecule has 0 unspecified atom stereocenters. The molecular formula is C21H23N5O4S. The van der Waals surface area contributed by atoms with E-state index in [4.69, 9.17) is 0 Å². The number of anilines is 1. The van der Waals surface area contributed by atoms with Crippen molar-refractivity contribution in [2.45, 2.75) is 18.5 Å². The molecule has 0 bridgehead atoms. The van der Waals surface area contributed by atoms with Crippen LogP contribution in [-0.2, 0) is 16.6 Å². The number of benzene rings is 1. The largest absolute Gasteiger partial charge is 0.478 e. The molecule has 0 spiro atoms. The Bertz CT molecular complexity index is 1170. The smallest absolute Gasteiger partial charge is 0.340 e. The summed E-state index contributed by atoms with van der Waals surface area (Å²) in [6.45, 7) is 3.81. The Balaban J connectivity index is 1.54. The number of aromatic carboxylic acids is 1. The number of pyridine rings is 1. The lowest BCUT2D eigenvalue weighted by Crippen LogP contribution is -2.49. The summed E-state index contributed by atoms with van der Waals surface area (Å²) >= 11 is 0. The summed E-state index contributed by atoms with van der Waals surface area (Å²) in [7, 11) is -4.04. The van der Waals surface area contributed by atoms with Gasteiger partial charge >= 0.3 is 5.97 Å². The Morgan fingerprint density at radius 1 is 1.03 bits per heavy atom. The van der Waals surface area contributed by atoms with Gasteiger partial charge in [0.2, 0.25) is 5.03 Å². The van der Waals surface area contributed by atoms with Crippen LogP contribution in [0.25, 0.3) is 0 Å². The number of carboxylic acids is 1. The SMILES string of the molecule is Cc1ccc(N2CCN(S(=O)(=O)c3nn(Cc4ccncc4)cc3C(=O)O)CC2)cc1. The van der Waals surface area contributed by atoms with Crippen LogP contribution >= 0.6 is 0 Å². The van der Waals surface area contributed by atoms with Gasteiger partial charge in [0.15, 0.2) is 0 Å². The Labute approximate surface area is 180 Å². The van der Waals surface area contributed by atoms with Crippen molar-refractivity contribution in [3.05, 3.63) is 71.7 Å². The summed E-state index contributed by atoms with van der Waals surface area (Å²) in [5, 5.41) is 13.3. The Hall–Kier alpha value is -3.24. The van der Waals surface area contributed by atoms with Gasteiger partial charge in [-0.3, -0.25) is 9.67 Å². The van der Waals surface area contributed by atoms with E-state index in [1.54, 1.807) is 24.5 Å². The second kappa shape index (κ2) is 8.48. The number of aromatic nitrogens is 3. The Kier molecular flexibility index (Phi) is 5.75. The first kappa shape index (κ1) is 21.0. The number of nitrogens with zero attached hydrogens (tertiary/aromatic N) is 5. The van der Waals surface area contributed by atoms with Crippen molar-refractivity contribution in [2.24, 2.45) is 0 Å². The maximum atomic E-state index is 13.2. The molecule has 9 nitrogen and oxygen atoms in total. The molecule has 1 saturated heterocycles. The summed E-state index contributed by atoms with van der Waals surface area (Å²) < 4.78 is 29.1. The molecule has 0 atom stereocenters. The van der Waals surface area contributed by atoms with Crippen molar-refractivity contribution in [2.75, 3.05) is 31.1 Å². The Morgan fingerprint density at radius 3 is 2.29 bits per heavy atom. The van der Waals surface area contributed by atoms with Crippen LogP contribution in [0.3, 0.4) is 0 Å². The van der Waals surface area contributed by atoms with Crippen LogP contribution in [0.5, 0.6) is 0 Å². The minimum atomic E-state index is -4.04. The normalized spacial score (nSPS) is 15.2. The van der Waals surface area contributed by atoms with Gasteiger partial charge < -0.3 is 10.0 Å². The van der Waals surface area contributed by atoms with Crippen molar-refractivity contribution in [3.8, 4) is 0 Å². The molecular weight excluding hydrogens is 418 g/mol. The molecule has 1 aliphatic rings. The van der Waals surface area contributed by atoms with Crippen LogP contribution in [0.2, 0.25) is 0 Å². The average molecular weight is 442 g/mol. The standard InChI is InChI=1S/C21H23N5O4S/c1-16-2-4-18(5-3-16)24-10-12-26(13-11-24)31(29,30)20-19(21(27)28)15-25(23-20)14-17-6-8-22-9-7-17/h2-9,15H,10-14H2,1H3,(H,27,28). The average Bonchev–Trinajstić information content (AvgIpc) is 3.20. The lowest BCUT2D eigenvalue weighted by Gasteiger charge is -2.35. The molecule has 1 fully saturated rings. The summed E-state index contributed by atoms with van der Waals surface area (Å²) in [5.41, 5.74) is 2.71. The van der Waals surface area contributed by atoms with Gasteiger partial charge in [0.25, 0.3) is 10.0 Å². The second-order valence-electron chi connectivity index (χ2n) is 7.43. The summed E-state index contributed by atoms with van der Waals surface area (Å²) in [6, 6.07) is 11.6. The van der Waals surface area contributed by atoms with Gasteiger partial charge in [0.1, 0.15) is 5.56 Å². The maximum Gasteiger partial charge on any atom is 0.340 e. The highest BCUT2D eigenvalue weighted by Gasteiger charge is 2.34. The van der Waals surface area contributed by atoms with Gasteiger partial charge in [-0.15, -0.1) is 0 Å². The molecule has 3 heterocycles. The molecule has 0 radical (unpaired) electrons. The lowest BCUT2D eigenvalue weighted by atomic mass is 10.2. The fourth-order valence-electron chi connectivity index (χ4n) is 3.56. The van der Waals surface area contributed by atoms with Crippen molar-refractivity contribution in [1.29, 1.82) is 0 Å². The minimum absolute atomic E-state index is 0.250. The molecule has 4 rings (SSSR count). The lowest BCUT2D eigenvalue weighted by molar-refractivity contribution is 0.0692. The van der Waals surface area contributed by atoms with E-state index >= 15 is 0 Å². The zero-order chi connectivity index (χ0) is 22.0. The number of piperazine rings is 1. The van der Waals surface area contributed by atoms with E-state index in [-0.39, 0.29) is 25.2 Å². The maximum absolute atomic E-state index is 13.2. The van der Waals surface area contributed by atoms with Crippen molar-refractivity contribution in [1.82, 2.24) is 19.1 Å². The van der Waals surface area contributed by atoms with Gasteiger partial charge in [0.05, 0.1) is 6.54 Å². The minimum Gasteiger partial charge on any atom is -0.478 e. The zero-order valence-electron chi connectivity index (χ0n) is 17.0. The zero-order valence-corrected chi connectivity index (χ0v) is 17.9. The molecule has 2 aromatic heterocycles. The third-order valence-corrected chi connectivity index (χ3v) is 7.11. The summed E-state index contributed by atoms with van der Waals surface area (Å²) in [5.74, 6) is -1.32. The van der Waals surface area contributed by atoms with Crippen molar-refractivity contribution >= 4 is 21.7 Å². The van der Waals surface area contributed by atoms with E-state index in [0.717, 1.165) is 16.8 Å². The predicted octanol–water partition coefficient (Wildman–Crippen LogP) is 1.84. The van der Waals surface area contributed by atoms with Crippen molar-refractivity contribution in [3.63, 3.8) is 0 Å². The van der Waals surface area contributed by atoms with Gasteiger partial charge in [-0.05, 0) is 36.8 Å². The van der Waals surface area contributed by atoms with E-state index in [1.165, 1.54) is 15.2 Å². The quantitative estimate of drug-likeness (QED) is 0.622. The summed E-state index contributed by atoms with van der Waals surface area (Å²) in [6.07, 6.45) is 4.49. The van der Waals surface area contributed by atoms with Gasteiger partial charge in [-0.2, -0.15) is 9.40 Å². The van der Waals surface area contributed by atoms with Gasteiger partial charge in [0, 0.05) is 50.5 Å². The van der Waals surface area contributed by atoms with E-state index in [1.807, 2.05) is 31.2 Å². The van der Waals surface area contributed by atoms with Crippen LogP contribution < -0.4 is 4.90 Å². The molecule has 0 aliphatic carbocycles. The molecule has 3 aromatic rings. The van der Waals surface area contributed by atoms with Crippen LogP contribution in [-0.4, -0.2) is 64.7 Å². The van der Waals surface area contributed by atoms with E-state index < -0.39 is 21.0 Å². The van der Waals surface area contributed by atoms with Crippen LogP contribution in [0.1, 0.15) is 21.5 Å². The summed E-state index contributed by atoms with van der Waals surface area (Å²) in [4.78, 5) is 17.8. The third kappa shape index (κ3) is 4.44. The molecule has 162 valence electrons. The number of rotatable bonds is 6. The van der Waals surface area contributed by atoms with Crippen molar-refractivity contribution < 1.29 is 18.3 Å². The Morgan fingerprint density at radius 2 is 1.68 bits per heavy atom. The number of hydrogen-bond donors (Lipinski definition) is 1. The predicted molar refractivity (Wildman–Crippen MR) is 115 cm³/mol. The van der Waals surface area contributed by atoms with Gasteiger partial charge in [-0.25, -0.2) is 13.2 Å². The monoisotopic (exact) mass is 441 g/mol.